The molecule has 5 nitrogen and oxygen atoms in total. The highest BCUT2D eigenvalue weighted by atomic mass is 16.5. The van der Waals surface area contributed by atoms with E-state index in [9.17, 15) is 9.59 Å². The molecule has 0 radical (unpaired) electrons. The van der Waals surface area contributed by atoms with Crippen molar-refractivity contribution < 1.29 is 19.1 Å². The number of carbonyl (C=O) groups is 2. The highest BCUT2D eigenvalue weighted by Gasteiger charge is 2.55. The van der Waals surface area contributed by atoms with Crippen LogP contribution >= 0.6 is 0 Å². The lowest BCUT2D eigenvalue weighted by molar-refractivity contribution is -0.173. The second kappa shape index (κ2) is 6.08. The van der Waals surface area contributed by atoms with E-state index in [2.05, 4.69) is 5.32 Å². The summed E-state index contributed by atoms with van der Waals surface area (Å²) >= 11 is 0. The van der Waals surface area contributed by atoms with Crippen molar-refractivity contribution in [3.8, 4) is 0 Å². The summed E-state index contributed by atoms with van der Waals surface area (Å²) in [5.74, 6) is 1.80. The molecule has 1 atom stereocenters. The lowest BCUT2D eigenvalue weighted by Crippen LogP contribution is -2.51. The molecule has 5 rings (SSSR count). The maximum atomic E-state index is 12.6. The zero-order chi connectivity index (χ0) is 15.9. The van der Waals surface area contributed by atoms with Crippen molar-refractivity contribution in [2.75, 3.05) is 19.8 Å². The molecule has 0 unspecified atom stereocenters. The minimum absolute atomic E-state index is 0.121. The lowest BCUT2D eigenvalue weighted by Gasteiger charge is -2.55. The van der Waals surface area contributed by atoms with Gasteiger partial charge in [-0.3, -0.25) is 9.59 Å². The Morgan fingerprint density at radius 2 is 1.74 bits per heavy atom. The third-order valence-electron chi connectivity index (χ3n) is 6.36. The molecule has 1 aliphatic heterocycles. The summed E-state index contributed by atoms with van der Waals surface area (Å²) in [7, 11) is 0. The largest absolute Gasteiger partial charge is 0.455 e. The van der Waals surface area contributed by atoms with Crippen LogP contribution in [-0.4, -0.2) is 37.7 Å². The number of rotatable bonds is 5. The summed E-state index contributed by atoms with van der Waals surface area (Å²) in [6, 6.07) is 0. The summed E-state index contributed by atoms with van der Waals surface area (Å²) < 4.78 is 10.9. The standard InChI is InChI=1S/C18H27NO4/c20-16(19-10-15-2-1-3-22-15)11-23-17(21)18-7-12-4-13(8-18)6-14(5-12)9-18/h12-15H,1-11H2,(H,19,20)/t12?,13?,14?,15-,18?/m1/s1. The van der Waals surface area contributed by atoms with Crippen LogP contribution in [0.3, 0.4) is 0 Å². The molecule has 1 amide bonds. The number of hydrogen-bond donors (Lipinski definition) is 1. The van der Waals surface area contributed by atoms with Crippen LogP contribution in [0, 0.1) is 23.2 Å². The van der Waals surface area contributed by atoms with Crippen molar-refractivity contribution >= 4 is 11.9 Å². The molecule has 4 bridgehead atoms. The topological polar surface area (TPSA) is 64.6 Å². The molecule has 4 aliphatic carbocycles. The molecular weight excluding hydrogens is 294 g/mol. The van der Waals surface area contributed by atoms with Crippen molar-refractivity contribution in [1.82, 2.24) is 5.32 Å². The molecule has 0 spiro atoms. The van der Waals surface area contributed by atoms with E-state index in [1.165, 1.54) is 19.3 Å². The number of carbonyl (C=O) groups excluding carboxylic acids is 2. The van der Waals surface area contributed by atoms with E-state index in [1.807, 2.05) is 0 Å². The predicted molar refractivity (Wildman–Crippen MR) is 83.5 cm³/mol. The average molecular weight is 321 g/mol. The molecule has 5 heteroatoms. The fourth-order valence-corrected chi connectivity index (χ4v) is 5.73. The van der Waals surface area contributed by atoms with Gasteiger partial charge >= 0.3 is 5.97 Å². The minimum atomic E-state index is -0.274. The summed E-state index contributed by atoms with van der Waals surface area (Å²) in [5, 5.41) is 2.81. The van der Waals surface area contributed by atoms with Crippen molar-refractivity contribution in [3.63, 3.8) is 0 Å². The van der Waals surface area contributed by atoms with Gasteiger partial charge < -0.3 is 14.8 Å². The average Bonchev–Trinajstić information content (AvgIpc) is 3.02. The Kier molecular flexibility index (Phi) is 4.08. The van der Waals surface area contributed by atoms with Crippen molar-refractivity contribution in [2.24, 2.45) is 23.2 Å². The van der Waals surface area contributed by atoms with Crippen LogP contribution in [-0.2, 0) is 19.1 Å². The van der Waals surface area contributed by atoms with E-state index in [0.29, 0.717) is 24.3 Å². The molecule has 5 fully saturated rings. The van der Waals surface area contributed by atoms with Crippen molar-refractivity contribution in [1.29, 1.82) is 0 Å². The molecule has 5 aliphatic rings. The third kappa shape index (κ3) is 3.12. The van der Waals surface area contributed by atoms with Gasteiger partial charge in [0.15, 0.2) is 6.61 Å². The quantitative estimate of drug-likeness (QED) is 0.787. The molecule has 0 aromatic heterocycles. The first kappa shape index (κ1) is 15.4. The highest BCUT2D eigenvalue weighted by Crippen LogP contribution is 2.60. The summed E-state index contributed by atoms with van der Waals surface area (Å²) in [6.07, 6.45) is 9.02. The van der Waals surface area contributed by atoms with Gasteiger partial charge in [-0.15, -0.1) is 0 Å². The lowest BCUT2D eigenvalue weighted by atomic mass is 9.49. The molecule has 23 heavy (non-hydrogen) atoms. The second-order valence-electron chi connectivity index (χ2n) is 8.21. The van der Waals surface area contributed by atoms with Gasteiger partial charge in [-0.2, -0.15) is 0 Å². The van der Waals surface area contributed by atoms with E-state index >= 15 is 0 Å². The molecule has 1 N–H and O–H groups in total. The van der Waals surface area contributed by atoms with Gasteiger partial charge in [0.1, 0.15) is 0 Å². The summed E-state index contributed by atoms with van der Waals surface area (Å²) in [4.78, 5) is 24.5. The fraction of sp³-hybridized carbons (Fsp3) is 0.889. The number of hydrogen-bond acceptors (Lipinski definition) is 4. The predicted octanol–water partition coefficient (Wildman–Crippen LogP) is 2.04. The Morgan fingerprint density at radius 3 is 2.30 bits per heavy atom. The summed E-state index contributed by atoms with van der Waals surface area (Å²) in [5.41, 5.74) is -0.274. The first-order valence-electron chi connectivity index (χ1n) is 9.18. The molecule has 1 saturated heterocycles. The zero-order valence-electron chi connectivity index (χ0n) is 13.7. The Morgan fingerprint density at radius 1 is 1.09 bits per heavy atom. The van der Waals surface area contributed by atoms with Crippen LogP contribution in [0.25, 0.3) is 0 Å². The minimum Gasteiger partial charge on any atom is -0.455 e. The van der Waals surface area contributed by atoms with Gasteiger partial charge in [-0.1, -0.05) is 0 Å². The Hall–Kier alpha value is -1.10. The number of esters is 1. The van der Waals surface area contributed by atoms with Crippen LogP contribution in [0.15, 0.2) is 0 Å². The normalized spacial score (nSPS) is 41.0. The maximum Gasteiger partial charge on any atom is 0.312 e. The first-order chi connectivity index (χ1) is 11.1. The van der Waals surface area contributed by atoms with Gasteiger partial charge in [0, 0.05) is 13.2 Å². The van der Waals surface area contributed by atoms with Crippen LogP contribution in [0.1, 0.15) is 51.4 Å². The van der Waals surface area contributed by atoms with Crippen molar-refractivity contribution in [3.05, 3.63) is 0 Å². The second-order valence-corrected chi connectivity index (χ2v) is 8.21. The van der Waals surface area contributed by atoms with Gasteiger partial charge in [0.25, 0.3) is 5.91 Å². The van der Waals surface area contributed by atoms with E-state index in [0.717, 1.165) is 38.7 Å². The van der Waals surface area contributed by atoms with Crippen molar-refractivity contribution in [2.45, 2.75) is 57.5 Å². The number of nitrogens with one attached hydrogen (secondary N) is 1. The van der Waals surface area contributed by atoms with Crippen LogP contribution in [0.2, 0.25) is 0 Å². The Balaban J connectivity index is 1.26. The number of amides is 1. The monoisotopic (exact) mass is 321 g/mol. The molecular formula is C18H27NO4. The zero-order valence-corrected chi connectivity index (χ0v) is 13.7. The first-order valence-corrected chi connectivity index (χ1v) is 9.18. The van der Waals surface area contributed by atoms with E-state index in [-0.39, 0.29) is 30.0 Å². The van der Waals surface area contributed by atoms with Gasteiger partial charge in [-0.05, 0) is 69.1 Å². The van der Waals surface area contributed by atoms with Gasteiger partial charge in [0.05, 0.1) is 11.5 Å². The molecule has 128 valence electrons. The van der Waals surface area contributed by atoms with Crippen LogP contribution in [0.5, 0.6) is 0 Å². The molecule has 0 aromatic carbocycles. The van der Waals surface area contributed by atoms with E-state index < -0.39 is 0 Å². The third-order valence-corrected chi connectivity index (χ3v) is 6.36. The maximum absolute atomic E-state index is 12.6. The van der Waals surface area contributed by atoms with Crippen LogP contribution in [0.4, 0.5) is 0 Å². The van der Waals surface area contributed by atoms with E-state index in [4.69, 9.17) is 9.47 Å². The van der Waals surface area contributed by atoms with Gasteiger partial charge in [0.2, 0.25) is 0 Å². The highest BCUT2D eigenvalue weighted by molar-refractivity contribution is 5.83. The van der Waals surface area contributed by atoms with E-state index in [1.54, 1.807) is 0 Å². The number of ether oxygens (including phenoxy) is 2. The Labute approximate surface area is 137 Å². The molecule has 1 heterocycles. The summed E-state index contributed by atoms with van der Waals surface area (Å²) in [6.45, 7) is 1.16. The van der Waals surface area contributed by atoms with Crippen LogP contribution < -0.4 is 5.32 Å². The smallest absolute Gasteiger partial charge is 0.312 e. The fourth-order valence-electron chi connectivity index (χ4n) is 5.73. The molecule has 4 saturated carbocycles. The Bertz CT molecular complexity index is 448. The molecule has 0 aromatic rings. The van der Waals surface area contributed by atoms with Gasteiger partial charge in [-0.25, -0.2) is 0 Å². The SMILES string of the molecule is O=C(COC(=O)C12CC3CC(CC(C3)C1)C2)NC[C@H]1CCCO1.